The fourth-order valence-electron chi connectivity index (χ4n) is 1.76. The highest BCUT2D eigenvalue weighted by molar-refractivity contribution is 6.31. The molecular formula is C11H17BNO4. The van der Waals surface area contributed by atoms with E-state index in [1.54, 1.807) is 12.4 Å². The Kier molecular flexibility index (Phi) is 3.44. The predicted octanol–water partition coefficient (Wildman–Crippen LogP) is 1.53. The smallest absolute Gasteiger partial charge is 0.410 e. The topological polar surface area (TPSA) is 48.0 Å². The van der Waals surface area contributed by atoms with Crippen LogP contribution in [-0.4, -0.2) is 43.8 Å². The summed E-state index contributed by atoms with van der Waals surface area (Å²) >= 11 is 0. The molecule has 2 aliphatic heterocycles. The molecule has 6 heteroatoms. The van der Waals surface area contributed by atoms with Gasteiger partial charge in [0.25, 0.3) is 0 Å². The quantitative estimate of drug-likeness (QED) is 0.395. The van der Waals surface area contributed by atoms with E-state index in [1.807, 2.05) is 26.8 Å². The summed E-state index contributed by atoms with van der Waals surface area (Å²) in [5.41, 5.74) is 0.694. The van der Waals surface area contributed by atoms with Crippen molar-refractivity contribution >= 4 is 13.6 Å². The molecule has 93 valence electrons. The van der Waals surface area contributed by atoms with Crippen LogP contribution < -0.4 is 0 Å². The number of hydrogen-bond donors (Lipinski definition) is 0. The number of carbonyl (C=O) groups is 1. The van der Waals surface area contributed by atoms with Gasteiger partial charge in [-0.2, -0.15) is 0 Å². The van der Waals surface area contributed by atoms with Crippen LogP contribution in [0, 0.1) is 0 Å². The molecule has 1 radical (unpaired) electrons. The second-order valence-electron chi connectivity index (χ2n) is 5.26. The van der Waals surface area contributed by atoms with Crippen LogP contribution in [0.1, 0.15) is 20.8 Å². The molecule has 2 aliphatic rings. The van der Waals surface area contributed by atoms with E-state index < -0.39 is 5.60 Å². The maximum Gasteiger partial charge on any atom is 0.410 e. The van der Waals surface area contributed by atoms with Gasteiger partial charge in [0, 0.05) is 18.9 Å². The van der Waals surface area contributed by atoms with Crippen LogP contribution in [0.15, 0.2) is 11.6 Å². The third kappa shape index (κ3) is 3.23. The molecule has 0 aromatic rings. The highest BCUT2D eigenvalue weighted by atomic mass is 17.2. The van der Waals surface area contributed by atoms with Gasteiger partial charge in [0.2, 0.25) is 0 Å². The van der Waals surface area contributed by atoms with E-state index in [0.717, 1.165) is 5.57 Å². The average molecular weight is 238 g/mol. The van der Waals surface area contributed by atoms with E-state index in [1.165, 1.54) is 0 Å². The first-order valence-corrected chi connectivity index (χ1v) is 5.74. The van der Waals surface area contributed by atoms with E-state index >= 15 is 0 Å². The number of nitrogens with zero attached hydrogens (tertiary/aromatic N) is 1. The van der Waals surface area contributed by atoms with Crippen molar-refractivity contribution in [2.75, 3.05) is 19.7 Å². The SMILES string of the molecule is CC(C)(C)OC(=O)N1CC=C(C2[B]OOC2)C1. The van der Waals surface area contributed by atoms with Crippen LogP contribution in [0.5, 0.6) is 0 Å². The van der Waals surface area contributed by atoms with Gasteiger partial charge in [0.05, 0.1) is 6.61 Å². The molecule has 0 spiro atoms. The normalized spacial score (nSPS) is 24.5. The molecule has 1 saturated heterocycles. The molecule has 1 atom stereocenters. The highest BCUT2D eigenvalue weighted by Gasteiger charge is 2.31. The van der Waals surface area contributed by atoms with Crippen molar-refractivity contribution in [1.82, 2.24) is 4.90 Å². The maximum absolute atomic E-state index is 11.8. The first-order chi connectivity index (χ1) is 7.96. The molecule has 0 bridgehead atoms. The minimum Gasteiger partial charge on any atom is -0.444 e. The van der Waals surface area contributed by atoms with Gasteiger partial charge in [0.15, 0.2) is 0 Å². The summed E-state index contributed by atoms with van der Waals surface area (Å²) in [5, 5.41) is 0. The van der Waals surface area contributed by atoms with Gasteiger partial charge < -0.3 is 14.4 Å². The van der Waals surface area contributed by atoms with Crippen molar-refractivity contribution < 1.29 is 19.2 Å². The fraction of sp³-hybridized carbons (Fsp3) is 0.727. The Balaban J connectivity index is 1.85. The van der Waals surface area contributed by atoms with Gasteiger partial charge in [-0.15, -0.1) is 0 Å². The number of hydrogen-bond acceptors (Lipinski definition) is 4. The molecule has 1 unspecified atom stereocenters. The lowest BCUT2D eigenvalue weighted by Crippen LogP contribution is -2.35. The lowest BCUT2D eigenvalue weighted by atomic mass is 9.76. The monoisotopic (exact) mass is 238 g/mol. The van der Waals surface area contributed by atoms with Gasteiger partial charge in [0.1, 0.15) is 5.60 Å². The Morgan fingerprint density at radius 3 is 2.94 bits per heavy atom. The highest BCUT2D eigenvalue weighted by Crippen LogP contribution is 2.27. The number of ether oxygens (including phenoxy) is 1. The Morgan fingerprint density at radius 2 is 2.35 bits per heavy atom. The van der Waals surface area contributed by atoms with E-state index in [0.29, 0.717) is 19.7 Å². The third-order valence-electron chi connectivity index (χ3n) is 2.61. The molecule has 1 amide bonds. The van der Waals surface area contributed by atoms with E-state index in [9.17, 15) is 4.79 Å². The lowest BCUT2D eigenvalue weighted by molar-refractivity contribution is -0.182. The lowest BCUT2D eigenvalue weighted by Gasteiger charge is -2.24. The maximum atomic E-state index is 11.8. The van der Waals surface area contributed by atoms with Crippen molar-refractivity contribution in [1.29, 1.82) is 0 Å². The Hall–Kier alpha value is -1.01. The Bertz CT molecular complexity index is 331. The van der Waals surface area contributed by atoms with Crippen LogP contribution in [0.4, 0.5) is 4.79 Å². The largest absolute Gasteiger partial charge is 0.444 e. The molecule has 0 saturated carbocycles. The summed E-state index contributed by atoms with van der Waals surface area (Å²) in [6, 6.07) is 0. The van der Waals surface area contributed by atoms with Gasteiger partial charge in [-0.25, -0.2) is 4.79 Å². The molecule has 17 heavy (non-hydrogen) atoms. The zero-order valence-electron chi connectivity index (χ0n) is 10.4. The molecule has 0 aromatic carbocycles. The van der Waals surface area contributed by atoms with Crippen LogP contribution in [0.3, 0.4) is 0 Å². The van der Waals surface area contributed by atoms with E-state index in [2.05, 4.69) is 0 Å². The summed E-state index contributed by atoms with van der Waals surface area (Å²) < 4.78 is 5.31. The summed E-state index contributed by atoms with van der Waals surface area (Å²) in [7, 11) is 1.66. The van der Waals surface area contributed by atoms with Crippen molar-refractivity contribution in [3.63, 3.8) is 0 Å². The van der Waals surface area contributed by atoms with Crippen molar-refractivity contribution in [2.24, 2.45) is 0 Å². The molecule has 0 N–H and O–H groups in total. The van der Waals surface area contributed by atoms with Gasteiger partial charge in [-0.05, 0) is 20.8 Å². The van der Waals surface area contributed by atoms with Crippen LogP contribution in [0.2, 0.25) is 5.82 Å². The Morgan fingerprint density at radius 1 is 1.59 bits per heavy atom. The summed E-state index contributed by atoms with van der Waals surface area (Å²) in [4.78, 5) is 23.1. The second kappa shape index (κ2) is 4.70. The minimum atomic E-state index is -0.453. The summed E-state index contributed by atoms with van der Waals surface area (Å²) in [5.74, 6) is 0.155. The Labute approximate surface area is 102 Å². The molecule has 2 heterocycles. The standard InChI is InChI=1S/C11H17BNO4/c1-11(2,3)16-10(14)13-5-4-8(6-13)9-7-15-17-12-9/h4,9H,5-7H2,1-3H3. The summed E-state index contributed by atoms with van der Waals surface area (Å²) in [6.07, 6.45) is 1.76. The van der Waals surface area contributed by atoms with E-state index in [4.69, 9.17) is 14.4 Å². The number of carbonyl (C=O) groups excluding carboxylic acids is 1. The first kappa shape index (κ1) is 12.5. The van der Waals surface area contributed by atoms with Gasteiger partial charge in [-0.1, -0.05) is 11.6 Å². The van der Waals surface area contributed by atoms with Gasteiger partial charge in [-0.3, -0.25) is 4.89 Å². The fourth-order valence-corrected chi connectivity index (χ4v) is 1.76. The number of rotatable bonds is 1. The zero-order chi connectivity index (χ0) is 12.5. The molecule has 0 aliphatic carbocycles. The van der Waals surface area contributed by atoms with Crippen molar-refractivity contribution in [2.45, 2.75) is 32.2 Å². The summed E-state index contributed by atoms with van der Waals surface area (Å²) in [6.45, 7) is 7.29. The van der Waals surface area contributed by atoms with Gasteiger partial charge >= 0.3 is 13.6 Å². The predicted molar refractivity (Wildman–Crippen MR) is 62.4 cm³/mol. The van der Waals surface area contributed by atoms with Crippen LogP contribution >= 0.6 is 0 Å². The average Bonchev–Trinajstić information content (AvgIpc) is 2.86. The molecule has 1 fully saturated rings. The molecule has 5 nitrogen and oxygen atoms in total. The van der Waals surface area contributed by atoms with Crippen molar-refractivity contribution in [3.05, 3.63) is 11.6 Å². The minimum absolute atomic E-state index is 0.155. The molecule has 2 rings (SSSR count). The number of amides is 1. The van der Waals surface area contributed by atoms with E-state index in [-0.39, 0.29) is 11.9 Å². The van der Waals surface area contributed by atoms with Crippen molar-refractivity contribution in [3.8, 4) is 0 Å². The zero-order valence-corrected chi connectivity index (χ0v) is 10.4. The second-order valence-corrected chi connectivity index (χ2v) is 5.26. The van der Waals surface area contributed by atoms with Crippen LogP contribution in [0.25, 0.3) is 0 Å². The van der Waals surface area contributed by atoms with Crippen LogP contribution in [-0.2, 0) is 14.4 Å². The molecule has 0 aromatic heterocycles. The third-order valence-corrected chi connectivity index (χ3v) is 2.61. The molecular weight excluding hydrogens is 221 g/mol. The first-order valence-electron chi connectivity index (χ1n) is 5.74.